The lowest BCUT2D eigenvalue weighted by Crippen LogP contribution is -2.32. The summed E-state index contributed by atoms with van der Waals surface area (Å²) in [6.07, 6.45) is 41.7. The second-order valence-electron chi connectivity index (χ2n) is 20.3. The minimum absolute atomic E-state index is 0.0473. The smallest absolute Gasteiger partial charge is 0.209 e. The molecule has 0 bridgehead atoms. The molecule has 4 heteroatoms. The van der Waals surface area contributed by atoms with Crippen molar-refractivity contribution in [3.63, 3.8) is 0 Å². The van der Waals surface area contributed by atoms with Crippen molar-refractivity contribution in [2.45, 2.75) is 232 Å². The van der Waals surface area contributed by atoms with Crippen LogP contribution >= 0.6 is 0 Å². The standard InChI is InChI=1S/C58H88N2O2/c1-7-9-11-13-15-17-19-21-23-25-27-29-31-37-43-59-51-41-35-33-39-49(51)57(3,4)53(59)45-47-55(61)48(56(47)62)46-54-58(5,6)50-40-34-36-42-52(50)60(54)44-38-32-30-28-26-24-22-20-18-16-14-12-10-8-2/h33-36,39-42,45-46H,7-32,37-38,43-44H2,1-6H3/p+1. The predicted molar refractivity (Wildman–Crippen MR) is 268 cm³/mol. The minimum Gasteiger partial charge on any atom is -0.506 e. The van der Waals surface area contributed by atoms with Gasteiger partial charge in [0.15, 0.2) is 5.71 Å². The number of Topliss-reactive ketones (excluding diaryl/α,β-unsaturated/α-hetero) is 1. The molecule has 342 valence electrons. The molecule has 4 nitrogen and oxygen atoms in total. The highest BCUT2D eigenvalue weighted by Gasteiger charge is 2.47. The number of carbonyl (C=O) groups is 1. The Morgan fingerprint density at radius 1 is 0.532 bits per heavy atom. The fourth-order valence-corrected chi connectivity index (χ4v) is 10.6. The van der Waals surface area contributed by atoms with E-state index in [1.54, 1.807) is 0 Å². The maximum Gasteiger partial charge on any atom is 0.209 e. The summed E-state index contributed by atoms with van der Waals surface area (Å²) in [5.41, 5.74) is 7.64. The van der Waals surface area contributed by atoms with Crippen LogP contribution in [0.25, 0.3) is 0 Å². The second kappa shape index (κ2) is 25.8. The minimum atomic E-state index is -0.270. The number of benzene rings is 2. The summed E-state index contributed by atoms with van der Waals surface area (Å²) in [7, 11) is 0. The number of nitrogens with zero attached hydrogens (tertiary/aromatic N) is 2. The van der Waals surface area contributed by atoms with Gasteiger partial charge in [0.25, 0.3) is 0 Å². The summed E-state index contributed by atoms with van der Waals surface area (Å²) in [5, 5.41) is 11.7. The van der Waals surface area contributed by atoms with E-state index in [1.165, 1.54) is 189 Å². The van der Waals surface area contributed by atoms with E-state index < -0.39 is 0 Å². The van der Waals surface area contributed by atoms with E-state index in [0.29, 0.717) is 11.1 Å². The zero-order valence-corrected chi connectivity index (χ0v) is 40.7. The van der Waals surface area contributed by atoms with Gasteiger partial charge in [-0.05, 0) is 44.4 Å². The summed E-state index contributed by atoms with van der Waals surface area (Å²) >= 11 is 0. The van der Waals surface area contributed by atoms with Crippen molar-refractivity contribution < 1.29 is 14.5 Å². The zero-order valence-electron chi connectivity index (χ0n) is 40.7. The van der Waals surface area contributed by atoms with Gasteiger partial charge in [-0.2, -0.15) is 4.58 Å². The third-order valence-corrected chi connectivity index (χ3v) is 14.6. The first-order chi connectivity index (χ1) is 30.1. The first-order valence-corrected chi connectivity index (χ1v) is 26.2. The van der Waals surface area contributed by atoms with Gasteiger partial charge < -0.3 is 10.0 Å². The summed E-state index contributed by atoms with van der Waals surface area (Å²) in [4.78, 5) is 16.6. The van der Waals surface area contributed by atoms with Gasteiger partial charge in [-0.1, -0.05) is 225 Å². The van der Waals surface area contributed by atoms with Crippen molar-refractivity contribution >= 4 is 22.9 Å². The third kappa shape index (κ3) is 13.3. The zero-order chi connectivity index (χ0) is 44.2. The van der Waals surface area contributed by atoms with E-state index in [1.807, 2.05) is 12.2 Å². The first kappa shape index (κ1) is 49.6. The number of para-hydroxylation sites is 2. The molecule has 0 radical (unpaired) electrons. The van der Waals surface area contributed by atoms with Crippen LogP contribution in [0.5, 0.6) is 0 Å². The maximum absolute atomic E-state index is 14.1. The van der Waals surface area contributed by atoms with Crippen LogP contribution < -0.4 is 4.90 Å². The third-order valence-electron chi connectivity index (χ3n) is 14.6. The van der Waals surface area contributed by atoms with Crippen molar-refractivity contribution in [3.8, 4) is 0 Å². The van der Waals surface area contributed by atoms with Crippen molar-refractivity contribution in [1.29, 1.82) is 0 Å². The number of hydrogen-bond donors (Lipinski definition) is 1. The number of anilines is 1. The van der Waals surface area contributed by atoms with Crippen molar-refractivity contribution in [1.82, 2.24) is 0 Å². The molecule has 0 atom stereocenters. The van der Waals surface area contributed by atoms with E-state index in [2.05, 4.69) is 99.5 Å². The number of unbranched alkanes of at least 4 members (excludes halogenated alkanes) is 26. The second-order valence-corrected chi connectivity index (χ2v) is 20.3. The van der Waals surface area contributed by atoms with Crippen LogP contribution in [0, 0.1) is 0 Å². The highest BCUT2D eigenvalue weighted by atomic mass is 16.3. The number of ketones is 1. The number of hydrogen-bond acceptors (Lipinski definition) is 3. The average molecular weight is 846 g/mol. The number of allylic oxidation sites excluding steroid dienone is 5. The van der Waals surface area contributed by atoms with Gasteiger partial charge in [-0.15, -0.1) is 0 Å². The lowest BCUT2D eigenvalue weighted by molar-refractivity contribution is -0.438. The Kier molecular flexibility index (Phi) is 20.6. The van der Waals surface area contributed by atoms with Crippen molar-refractivity contribution in [3.05, 3.63) is 94.4 Å². The lowest BCUT2D eigenvalue weighted by Gasteiger charge is -2.29. The van der Waals surface area contributed by atoms with Crippen LogP contribution in [-0.4, -0.2) is 34.3 Å². The molecule has 0 aromatic heterocycles. The van der Waals surface area contributed by atoms with E-state index in [0.717, 1.165) is 37.3 Å². The fourth-order valence-electron chi connectivity index (χ4n) is 10.6. The van der Waals surface area contributed by atoms with Gasteiger partial charge >= 0.3 is 0 Å². The number of rotatable bonds is 32. The SMILES string of the molecule is CCCCCCCCCCCCCCCCN1/C(=C/C2=C(O)C(=C/C3=[N+](CCCCCCCCCCCCCCCC)c4ccccc4C3(C)C)/C2=O)C(C)(C)c2ccccc21. The number of aliphatic hydroxyl groups is 1. The van der Waals surface area contributed by atoms with E-state index in [9.17, 15) is 9.90 Å². The van der Waals surface area contributed by atoms with E-state index >= 15 is 0 Å². The van der Waals surface area contributed by atoms with Gasteiger partial charge in [0.05, 0.1) is 16.6 Å². The molecule has 2 aromatic rings. The molecule has 0 spiro atoms. The van der Waals surface area contributed by atoms with Crippen molar-refractivity contribution in [2.24, 2.45) is 0 Å². The van der Waals surface area contributed by atoms with E-state index in [4.69, 9.17) is 0 Å². The fraction of sp³-hybridized carbons (Fsp3) is 0.655. The molecule has 2 heterocycles. The maximum atomic E-state index is 14.1. The van der Waals surface area contributed by atoms with Crippen molar-refractivity contribution in [2.75, 3.05) is 18.0 Å². The molecular weight excluding hydrogens is 757 g/mol. The molecule has 2 aliphatic heterocycles. The summed E-state index contributed by atoms with van der Waals surface area (Å²) < 4.78 is 2.44. The summed E-state index contributed by atoms with van der Waals surface area (Å²) in [5.74, 6) is 0.0929. The first-order valence-electron chi connectivity index (χ1n) is 26.2. The van der Waals surface area contributed by atoms with Gasteiger partial charge in [-0.3, -0.25) is 4.79 Å². The molecule has 2 aromatic carbocycles. The highest BCUT2D eigenvalue weighted by Crippen LogP contribution is 2.49. The molecule has 0 saturated carbocycles. The Labute approximate surface area is 380 Å². The quantitative estimate of drug-likeness (QED) is 0.0453. The topological polar surface area (TPSA) is 43.5 Å². The van der Waals surface area contributed by atoms with Crippen LogP contribution in [-0.2, 0) is 15.6 Å². The van der Waals surface area contributed by atoms with Gasteiger partial charge in [0, 0.05) is 47.5 Å². The van der Waals surface area contributed by atoms with Gasteiger partial charge in [0.1, 0.15) is 12.3 Å². The lowest BCUT2D eigenvalue weighted by atomic mass is 9.77. The molecule has 62 heavy (non-hydrogen) atoms. The number of carbonyl (C=O) groups excluding carboxylic acids is 1. The molecule has 0 unspecified atom stereocenters. The molecule has 3 aliphatic rings. The molecule has 0 fully saturated rings. The van der Waals surface area contributed by atoms with Crippen LogP contribution in [0.3, 0.4) is 0 Å². The molecular formula is C58H89N2O2+. The average Bonchev–Trinajstić information content (AvgIpc) is 3.62. The summed E-state index contributed by atoms with van der Waals surface area (Å²) in [6.45, 7) is 15.5. The number of fused-ring (bicyclic) bond motifs is 2. The van der Waals surface area contributed by atoms with Crippen LogP contribution in [0.2, 0.25) is 0 Å². The Morgan fingerprint density at radius 3 is 1.47 bits per heavy atom. The Balaban J connectivity index is 1.17. The highest BCUT2D eigenvalue weighted by molar-refractivity contribution is 6.24. The molecule has 1 aliphatic carbocycles. The Hall–Kier alpha value is -3.40. The molecule has 0 amide bonds. The van der Waals surface area contributed by atoms with Gasteiger partial charge in [0.2, 0.25) is 11.5 Å². The molecule has 1 N–H and O–H groups in total. The Morgan fingerprint density at radius 2 is 0.968 bits per heavy atom. The Bertz CT molecular complexity index is 1820. The largest absolute Gasteiger partial charge is 0.506 e. The van der Waals surface area contributed by atoms with Crippen LogP contribution in [0.4, 0.5) is 11.4 Å². The van der Waals surface area contributed by atoms with E-state index in [-0.39, 0.29) is 22.4 Å². The molecule has 5 rings (SSSR count). The van der Waals surface area contributed by atoms with Crippen LogP contribution in [0.1, 0.15) is 232 Å². The van der Waals surface area contributed by atoms with Gasteiger partial charge in [-0.25, -0.2) is 0 Å². The molecule has 0 saturated heterocycles. The van der Waals surface area contributed by atoms with Crippen LogP contribution in [0.15, 0.2) is 83.3 Å². The number of aliphatic hydroxyl groups excluding tert-OH is 1. The monoisotopic (exact) mass is 846 g/mol. The normalized spacial score (nSPS) is 17.8. The predicted octanol–water partition coefficient (Wildman–Crippen LogP) is 17.0. The summed E-state index contributed by atoms with van der Waals surface area (Å²) in [6, 6.07) is 17.4.